The van der Waals surface area contributed by atoms with Crippen LogP contribution in [0, 0.1) is 0 Å². The van der Waals surface area contributed by atoms with Crippen molar-refractivity contribution < 1.29 is 9.47 Å². The first-order valence-corrected chi connectivity index (χ1v) is 8.22. The summed E-state index contributed by atoms with van der Waals surface area (Å²) in [4.78, 5) is 2.46. The van der Waals surface area contributed by atoms with Gasteiger partial charge >= 0.3 is 0 Å². The Hall–Kier alpha value is -2.00. The molecule has 0 bridgehead atoms. The van der Waals surface area contributed by atoms with Crippen LogP contribution in [-0.4, -0.2) is 32.7 Å². The molecule has 1 heterocycles. The Bertz CT molecular complexity index is 654. The van der Waals surface area contributed by atoms with Crippen molar-refractivity contribution in [3.05, 3.63) is 59.2 Å². The summed E-state index contributed by atoms with van der Waals surface area (Å²) in [5.74, 6) is 1.66. The van der Waals surface area contributed by atoms with Crippen LogP contribution in [0.4, 0.5) is 0 Å². The molecule has 0 radical (unpaired) electrons. The summed E-state index contributed by atoms with van der Waals surface area (Å²) in [7, 11) is 5.62. The zero-order chi connectivity index (χ0) is 16.2. The Kier molecular flexibility index (Phi) is 4.87. The fraction of sp³-hybridized carbons (Fsp3) is 0.400. The number of rotatable bonds is 5. The summed E-state index contributed by atoms with van der Waals surface area (Å²) in [6.07, 6.45) is 3.26. The number of nitrogens with zero attached hydrogens (tertiary/aromatic N) is 1. The first-order valence-electron chi connectivity index (χ1n) is 8.22. The summed E-state index contributed by atoms with van der Waals surface area (Å²) in [5, 5.41) is 0. The number of fused-ring (bicyclic) bond motifs is 1. The Labute approximate surface area is 138 Å². The normalized spacial score (nSPS) is 17.6. The standard InChI is InChI=1S/C20H25NO2/c1-21-12-11-16-13-19(22-2)20(23-3)14-17(16)18(21)10-9-15-7-5-4-6-8-15/h4-8,13-14,18H,9-12H2,1-3H3/t18-/m0/s1. The zero-order valence-electron chi connectivity index (χ0n) is 14.2. The van der Waals surface area contributed by atoms with E-state index < -0.39 is 0 Å². The van der Waals surface area contributed by atoms with Gasteiger partial charge in [0.25, 0.3) is 0 Å². The molecule has 3 nitrogen and oxygen atoms in total. The Morgan fingerprint density at radius 2 is 1.74 bits per heavy atom. The number of likely N-dealkylation sites (N-methyl/N-ethyl adjacent to an activating group) is 1. The molecule has 3 heteroatoms. The van der Waals surface area contributed by atoms with E-state index in [2.05, 4.69) is 54.4 Å². The number of ether oxygens (including phenoxy) is 2. The highest BCUT2D eigenvalue weighted by molar-refractivity contribution is 5.49. The lowest BCUT2D eigenvalue weighted by atomic mass is 9.89. The number of methoxy groups -OCH3 is 2. The largest absolute Gasteiger partial charge is 0.493 e. The highest BCUT2D eigenvalue weighted by Crippen LogP contribution is 2.39. The highest BCUT2D eigenvalue weighted by Gasteiger charge is 2.26. The highest BCUT2D eigenvalue weighted by atomic mass is 16.5. The van der Waals surface area contributed by atoms with E-state index >= 15 is 0 Å². The van der Waals surface area contributed by atoms with Crippen molar-refractivity contribution in [2.75, 3.05) is 27.8 Å². The van der Waals surface area contributed by atoms with Gasteiger partial charge in [0.15, 0.2) is 11.5 Å². The number of aryl methyl sites for hydroxylation is 1. The van der Waals surface area contributed by atoms with Crippen molar-refractivity contribution in [3.8, 4) is 11.5 Å². The third kappa shape index (κ3) is 3.35. The van der Waals surface area contributed by atoms with Crippen molar-refractivity contribution in [2.24, 2.45) is 0 Å². The summed E-state index contributed by atoms with van der Waals surface area (Å²) in [5.41, 5.74) is 4.17. The third-order valence-corrected chi connectivity index (χ3v) is 4.82. The van der Waals surface area contributed by atoms with Gasteiger partial charge in [-0.05, 0) is 55.1 Å². The van der Waals surface area contributed by atoms with E-state index in [1.807, 2.05) is 0 Å². The zero-order valence-corrected chi connectivity index (χ0v) is 14.2. The van der Waals surface area contributed by atoms with Crippen molar-refractivity contribution in [2.45, 2.75) is 25.3 Å². The van der Waals surface area contributed by atoms with Gasteiger partial charge in [-0.25, -0.2) is 0 Å². The van der Waals surface area contributed by atoms with Crippen LogP contribution < -0.4 is 9.47 Å². The van der Waals surface area contributed by atoms with Gasteiger partial charge in [0.1, 0.15) is 0 Å². The van der Waals surface area contributed by atoms with Crippen molar-refractivity contribution >= 4 is 0 Å². The van der Waals surface area contributed by atoms with Gasteiger partial charge in [-0.2, -0.15) is 0 Å². The fourth-order valence-electron chi connectivity index (χ4n) is 3.48. The molecule has 0 unspecified atom stereocenters. The molecule has 122 valence electrons. The van der Waals surface area contributed by atoms with E-state index in [-0.39, 0.29) is 0 Å². The molecular formula is C20H25NO2. The summed E-state index contributed by atoms with van der Waals surface area (Å²) >= 11 is 0. The van der Waals surface area contributed by atoms with Gasteiger partial charge in [-0.3, -0.25) is 4.90 Å². The molecule has 2 aromatic carbocycles. The molecule has 0 fully saturated rings. The molecule has 1 aliphatic rings. The minimum absolute atomic E-state index is 0.429. The number of hydrogen-bond donors (Lipinski definition) is 0. The molecule has 2 aromatic rings. The van der Waals surface area contributed by atoms with E-state index in [9.17, 15) is 0 Å². The van der Waals surface area contributed by atoms with Crippen molar-refractivity contribution in [1.29, 1.82) is 0 Å². The van der Waals surface area contributed by atoms with E-state index in [0.717, 1.165) is 37.3 Å². The van der Waals surface area contributed by atoms with Gasteiger partial charge in [0.2, 0.25) is 0 Å². The molecular weight excluding hydrogens is 286 g/mol. The van der Waals surface area contributed by atoms with Gasteiger partial charge in [-0.15, -0.1) is 0 Å². The first kappa shape index (κ1) is 15.9. The Balaban J connectivity index is 1.86. The number of benzene rings is 2. The van der Waals surface area contributed by atoms with Gasteiger partial charge in [-0.1, -0.05) is 30.3 Å². The second-order valence-electron chi connectivity index (χ2n) is 6.18. The van der Waals surface area contributed by atoms with E-state index in [1.54, 1.807) is 14.2 Å². The second kappa shape index (κ2) is 7.05. The van der Waals surface area contributed by atoms with Crippen LogP contribution in [0.2, 0.25) is 0 Å². The third-order valence-electron chi connectivity index (χ3n) is 4.82. The smallest absolute Gasteiger partial charge is 0.161 e. The van der Waals surface area contributed by atoms with Crippen LogP contribution in [0.15, 0.2) is 42.5 Å². The van der Waals surface area contributed by atoms with Gasteiger partial charge < -0.3 is 9.47 Å². The lowest BCUT2D eigenvalue weighted by Gasteiger charge is -2.35. The monoisotopic (exact) mass is 311 g/mol. The molecule has 1 atom stereocenters. The first-order chi connectivity index (χ1) is 11.2. The van der Waals surface area contributed by atoms with Crippen LogP contribution in [0.1, 0.15) is 29.2 Å². The van der Waals surface area contributed by atoms with Crippen LogP contribution in [0.25, 0.3) is 0 Å². The molecule has 0 aliphatic carbocycles. The molecule has 0 saturated heterocycles. The molecule has 0 amide bonds. The van der Waals surface area contributed by atoms with Gasteiger partial charge in [0, 0.05) is 12.6 Å². The fourth-order valence-corrected chi connectivity index (χ4v) is 3.48. The molecule has 1 aliphatic heterocycles. The predicted molar refractivity (Wildman–Crippen MR) is 93.4 cm³/mol. The van der Waals surface area contributed by atoms with Crippen LogP contribution in [0.5, 0.6) is 11.5 Å². The number of hydrogen-bond acceptors (Lipinski definition) is 3. The quantitative estimate of drug-likeness (QED) is 0.837. The molecule has 3 rings (SSSR count). The van der Waals surface area contributed by atoms with Crippen LogP contribution in [-0.2, 0) is 12.8 Å². The minimum atomic E-state index is 0.429. The van der Waals surface area contributed by atoms with Crippen LogP contribution >= 0.6 is 0 Å². The maximum Gasteiger partial charge on any atom is 0.161 e. The summed E-state index contributed by atoms with van der Waals surface area (Å²) < 4.78 is 11.0. The average Bonchev–Trinajstić information content (AvgIpc) is 2.60. The summed E-state index contributed by atoms with van der Waals surface area (Å²) in [6.45, 7) is 1.09. The second-order valence-corrected chi connectivity index (χ2v) is 6.18. The minimum Gasteiger partial charge on any atom is -0.493 e. The van der Waals surface area contributed by atoms with Crippen molar-refractivity contribution in [1.82, 2.24) is 4.90 Å². The Morgan fingerprint density at radius 3 is 2.43 bits per heavy atom. The predicted octanol–water partition coefficient (Wildman–Crippen LogP) is 3.87. The SMILES string of the molecule is COc1cc2c(cc1OC)[C@H](CCc1ccccc1)N(C)CC2. The molecule has 0 spiro atoms. The molecule has 0 N–H and O–H groups in total. The van der Waals surface area contributed by atoms with Gasteiger partial charge in [0.05, 0.1) is 14.2 Å². The topological polar surface area (TPSA) is 21.7 Å². The molecule has 0 aromatic heterocycles. The maximum absolute atomic E-state index is 5.51. The van der Waals surface area contributed by atoms with E-state index in [0.29, 0.717) is 6.04 Å². The van der Waals surface area contributed by atoms with E-state index in [1.165, 1.54) is 16.7 Å². The average molecular weight is 311 g/mol. The lowest BCUT2D eigenvalue weighted by Crippen LogP contribution is -2.32. The Morgan fingerprint density at radius 1 is 1.04 bits per heavy atom. The maximum atomic E-state index is 5.51. The summed E-state index contributed by atoms with van der Waals surface area (Å²) in [6, 6.07) is 15.5. The molecule has 0 saturated carbocycles. The molecule has 23 heavy (non-hydrogen) atoms. The van der Waals surface area contributed by atoms with Crippen LogP contribution in [0.3, 0.4) is 0 Å². The lowest BCUT2D eigenvalue weighted by molar-refractivity contribution is 0.218. The van der Waals surface area contributed by atoms with Crippen molar-refractivity contribution in [3.63, 3.8) is 0 Å². The van der Waals surface area contributed by atoms with E-state index in [4.69, 9.17) is 9.47 Å².